The largest absolute Gasteiger partial charge is 0.484 e. The van der Waals surface area contributed by atoms with Crippen molar-refractivity contribution < 1.29 is 9.53 Å². The molecule has 0 aliphatic carbocycles. The van der Waals surface area contributed by atoms with Crippen LogP contribution in [0.25, 0.3) is 10.9 Å². The molecule has 0 radical (unpaired) electrons. The Balaban J connectivity index is 1.78. The number of aryl methyl sites for hydroxylation is 1. The molecule has 1 heterocycles. The molecule has 5 heteroatoms. The summed E-state index contributed by atoms with van der Waals surface area (Å²) < 4.78 is 5.57. The molecular formula is C22H24N2O3. The van der Waals surface area contributed by atoms with Crippen LogP contribution in [0.15, 0.2) is 59.4 Å². The summed E-state index contributed by atoms with van der Waals surface area (Å²) in [5.74, 6) is 0.491. The quantitative estimate of drug-likeness (QED) is 0.726. The van der Waals surface area contributed by atoms with E-state index in [0.717, 1.165) is 16.5 Å². The molecule has 1 amide bonds. The first-order chi connectivity index (χ1) is 12.9. The van der Waals surface area contributed by atoms with Gasteiger partial charge in [-0.2, -0.15) is 0 Å². The number of nitrogens with one attached hydrogen (secondary N) is 1. The van der Waals surface area contributed by atoms with Gasteiger partial charge in [-0.3, -0.25) is 9.59 Å². The van der Waals surface area contributed by atoms with Crippen LogP contribution in [-0.2, 0) is 11.3 Å². The van der Waals surface area contributed by atoms with E-state index >= 15 is 0 Å². The minimum atomic E-state index is -0.171. The number of carbonyl (C=O) groups excluding carboxylic acids is 1. The van der Waals surface area contributed by atoms with Gasteiger partial charge in [-0.05, 0) is 56.0 Å². The second-order valence-electron chi connectivity index (χ2n) is 6.93. The summed E-state index contributed by atoms with van der Waals surface area (Å²) in [5, 5.41) is 0.951. The minimum Gasteiger partial charge on any atom is -0.484 e. The van der Waals surface area contributed by atoms with Crippen molar-refractivity contribution in [2.75, 3.05) is 6.61 Å². The molecule has 1 aromatic heterocycles. The molecule has 1 N–H and O–H groups in total. The predicted octanol–water partition coefficient (Wildman–Crippen LogP) is 3.65. The van der Waals surface area contributed by atoms with Crippen LogP contribution in [0, 0.1) is 6.92 Å². The number of fused-ring (bicyclic) bond motifs is 1. The van der Waals surface area contributed by atoms with Crippen molar-refractivity contribution in [3.63, 3.8) is 0 Å². The van der Waals surface area contributed by atoms with Crippen molar-refractivity contribution in [3.05, 3.63) is 76.1 Å². The van der Waals surface area contributed by atoms with Gasteiger partial charge in [-0.15, -0.1) is 0 Å². The minimum absolute atomic E-state index is 0.0509. The third-order valence-electron chi connectivity index (χ3n) is 4.47. The van der Waals surface area contributed by atoms with Gasteiger partial charge in [0.15, 0.2) is 6.61 Å². The fraction of sp³-hybridized carbons (Fsp3) is 0.273. The number of ether oxygens (including phenoxy) is 1. The molecule has 2 aromatic carbocycles. The van der Waals surface area contributed by atoms with Gasteiger partial charge in [0.05, 0.1) is 6.54 Å². The van der Waals surface area contributed by atoms with Crippen molar-refractivity contribution >= 4 is 16.8 Å². The Morgan fingerprint density at radius 1 is 1.11 bits per heavy atom. The fourth-order valence-corrected chi connectivity index (χ4v) is 2.96. The number of pyridine rings is 1. The molecule has 27 heavy (non-hydrogen) atoms. The van der Waals surface area contributed by atoms with Gasteiger partial charge in [0.25, 0.3) is 11.5 Å². The first-order valence-corrected chi connectivity index (χ1v) is 9.04. The number of benzene rings is 2. The molecule has 3 rings (SSSR count). The Kier molecular flexibility index (Phi) is 5.60. The topological polar surface area (TPSA) is 62.4 Å². The molecule has 140 valence electrons. The van der Waals surface area contributed by atoms with Crippen LogP contribution in [0.1, 0.15) is 25.0 Å². The highest BCUT2D eigenvalue weighted by atomic mass is 16.5. The molecule has 0 saturated heterocycles. The number of H-pyrrole nitrogens is 1. The number of aromatic nitrogens is 1. The molecular weight excluding hydrogens is 340 g/mol. The highest BCUT2D eigenvalue weighted by molar-refractivity contribution is 5.80. The lowest BCUT2D eigenvalue weighted by atomic mass is 10.1. The van der Waals surface area contributed by atoms with Crippen molar-refractivity contribution in [3.8, 4) is 5.75 Å². The maximum atomic E-state index is 12.7. The van der Waals surface area contributed by atoms with E-state index in [1.54, 1.807) is 4.90 Å². The molecule has 5 nitrogen and oxygen atoms in total. The Morgan fingerprint density at radius 2 is 1.85 bits per heavy atom. The Hall–Kier alpha value is -3.08. The van der Waals surface area contributed by atoms with Crippen LogP contribution in [0.2, 0.25) is 0 Å². The SMILES string of the molecule is Cc1ccc2cc(CN(C(=O)COc3ccccc3)C(C)C)c(=O)[nH]c2c1. The zero-order valence-electron chi connectivity index (χ0n) is 15.9. The first kappa shape index (κ1) is 18.7. The van der Waals surface area contributed by atoms with Gasteiger partial charge in [0.1, 0.15) is 5.75 Å². The maximum Gasteiger partial charge on any atom is 0.261 e. The zero-order chi connectivity index (χ0) is 19.4. The summed E-state index contributed by atoms with van der Waals surface area (Å²) in [7, 11) is 0. The van der Waals surface area contributed by atoms with Gasteiger partial charge in [0.2, 0.25) is 0 Å². The van der Waals surface area contributed by atoms with Crippen molar-refractivity contribution in [2.45, 2.75) is 33.4 Å². The van der Waals surface area contributed by atoms with Crippen molar-refractivity contribution in [2.24, 2.45) is 0 Å². The lowest BCUT2D eigenvalue weighted by Crippen LogP contribution is -2.40. The Bertz CT molecular complexity index is 993. The summed E-state index contributed by atoms with van der Waals surface area (Å²) in [4.78, 5) is 29.7. The van der Waals surface area contributed by atoms with Gasteiger partial charge in [-0.1, -0.05) is 30.3 Å². The van der Waals surface area contributed by atoms with Gasteiger partial charge in [-0.25, -0.2) is 0 Å². The number of nitrogens with zero attached hydrogens (tertiary/aromatic N) is 1. The van der Waals surface area contributed by atoms with Crippen LogP contribution in [-0.4, -0.2) is 28.4 Å². The number of para-hydroxylation sites is 1. The third-order valence-corrected chi connectivity index (χ3v) is 4.47. The smallest absolute Gasteiger partial charge is 0.261 e. The van der Waals surface area contributed by atoms with Crippen LogP contribution >= 0.6 is 0 Å². The number of aromatic amines is 1. The van der Waals surface area contributed by atoms with E-state index in [1.807, 2.05) is 75.4 Å². The predicted molar refractivity (Wildman–Crippen MR) is 107 cm³/mol. The van der Waals surface area contributed by atoms with Gasteiger partial charge < -0.3 is 14.6 Å². The number of hydrogen-bond acceptors (Lipinski definition) is 3. The molecule has 0 atom stereocenters. The number of amides is 1. The molecule has 0 fully saturated rings. The average Bonchev–Trinajstić information content (AvgIpc) is 2.65. The van der Waals surface area contributed by atoms with Crippen molar-refractivity contribution in [1.82, 2.24) is 9.88 Å². The van der Waals surface area contributed by atoms with E-state index in [2.05, 4.69) is 4.98 Å². The van der Waals surface area contributed by atoms with Gasteiger partial charge in [0, 0.05) is 17.1 Å². The standard InChI is InChI=1S/C22H24N2O3/c1-15(2)24(21(25)14-27-19-7-5-4-6-8-19)13-18-12-17-10-9-16(3)11-20(17)23-22(18)26/h4-12,15H,13-14H2,1-3H3,(H,23,26). The van der Waals surface area contributed by atoms with E-state index in [1.165, 1.54) is 0 Å². The van der Waals surface area contributed by atoms with E-state index < -0.39 is 0 Å². The Morgan fingerprint density at radius 3 is 2.56 bits per heavy atom. The Labute approximate surface area is 158 Å². The number of hydrogen-bond donors (Lipinski definition) is 1. The third kappa shape index (κ3) is 4.56. The summed E-state index contributed by atoms with van der Waals surface area (Å²) in [6.07, 6.45) is 0. The molecule has 0 aliphatic heterocycles. The lowest BCUT2D eigenvalue weighted by Gasteiger charge is -2.26. The summed E-state index contributed by atoms with van der Waals surface area (Å²) in [6, 6.07) is 17.0. The summed E-state index contributed by atoms with van der Waals surface area (Å²) in [6.45, 7) is 6.02. The number of rotatable bonds is 6. The monoisotopic (exact) mass is 364 g/mol. The summed E-state index contributed by atoms with van der Waals surface area (Å²) >= 11 is 0. The molecule has 0 spiro atoms. The zero-order valence-corrected chi connectivity index (χ0v) is 15.9. The highest BCUT2D eigenvalue weighted by Gasteiger charge is 2.19. The second kappa shape index (κ2) is 8.08. The molecule has 0 bridgehead atoms. The second-order valence-corrected chi connectivity index (χ2v) is 6.93. The lowest BCUT2D eigenvalue weighted by molar-refractivity contribution is -0.135. The fourth-order valence-electron chi connectivity index (χ4n) is 2.96. The average molecular weight is 364 g/mol. The molecule has 3 aromatic rings. The van der Waals surface area contributed by atoms with E-state index in [9.17, 15) is 9.59 Å². The molecule has 0 aliphatic rings. The normalized spacial score (nSPS) is 11.0. The van der Waals surface area contributed by atoms with Crippen LogP contribution < -0.4 is 10.3 Å². The van der Waals surface area contributed by atoms with Gasteiger partial charge >= 0.3 is 0 Å². The van der Waals surface area contributed by atoms with Crippen LogP contribution in [0.3, 0.4) is 0 Å². The van der Waals surface area contributed by atoms with Crippen molar-refractivity contribution in [1.29, 1.82) is 0 Å². The van der Waals surface area contributed by atoms with E-state index in [4.69, 9.17) is 4.74 Å². The van der Waals surface area contributed by atoms with Crippen LogP contribution in [0.5, 0.6) is 5.75 Å². The maximum absolute atomic E-state index is 12.7. The molecule has 0 saturated carbocycles. The van der Waals surface area contributed by atoms with Crippen LogP contribution in [0.4, 0.5) is 0 Å². The summed E-state index contributed by atoms with van der Waals surface area (Å²) in [5.41, 5.74) is 2.28. The first-order valence-electron chi connectivity index (χ1n) is 9.04. The highest BCUT2D eigenvalue weighted by Crippen LogP contribution is 2.15. The van der Waals surface area contributed by atoms with E-state index in [-0.39, 0.29) is 30.7 Å². The van der Waals surface area contributed by atoms with E-state index in [0.29, 0.717) is 11.3 Å². The molecule has 0 unspecified atom stereocenters. The number of carbonyl (C=O) groups is 1.